The second-order valence-corrected chi connectivity index (χ2v) is 7.77. The molecule has 0 radical (unpaired) electrons. The van der Waals surface area contributed by atoms with Crippen LogP contribution in [0.5, 0.6) is 5.75 Å². The quantitative estimate of drug-likeness (QED) is 0.728. The van der Waals surface area contributed by atoms with Crippen molar-refractivity contribution in [3.63, 3.8) is 0 Å². The number of carboxylic acid groups (broad SMARTS) is 1. The van der Waals surface area contributed by atoms with E-state index in [2.05, 4.69) is 17.1 Å². The van der Waals surface area contributed by atoms with Crippen LogP contribution in [0.2, 0.25) is 0 Å². The number of fused-ring (bicyclic) bond motifs is 1. The molecule has 1 amide bonds. The topological polar surface area (TPSA) is 92.0 Å². The van der Waals surface area contributed by atoms with E-state index in [0.717, 1.165) is 50.2 Å². The highest BCUT2D eigenvalue weighted by Crippen LogP contribution is 2.44. The Morgan fingerprint density at radius 1 is 1.19 bits per heavy atom. The maximum atomic E-state index is 12.5. The first kappa shape index (κ1) is 23.6. The SMILES string of the molecule is CCN1CCC2(CC1)CC(NC(=O)c1ccco1)c1ccccc1O2.O=C(O)C(F)(F)F. The Bertz CT molecular complexity index is 922. The molecule has 10 heteroatoms. The molecule has 1 fully saturated rings. The molecule has 1 spiro atoms. The molecule has 1 aromatic heterocycles. The highest BCUT2D eigenvalue weighted by atomic mass is 19.4. The van der Waals surface area contributed by atoms with Crippen LogP contribution >= 0.6 is 0 Å². The lowest BCUT2D eigenvalue weighted by molar-refractivity contribution is -0.192. The van der Waals surface area contributed by atoms with Gasteiger partial charge in [-0.1, -0.05) is 25.1 Å². The van der Waals surface area contributed by atoms with Gasteiger partial charge in [0, 0.05) is 25.1 Å². The molecule has 2 aliphatic heterocycles. The molecule has 3 heterocycles. The Kier molecular flexibility index (Phi) is 7.12. The van der Waals surface area contributed by atoms with Gasteiger partial charge in [0.05, 0.1) is 12.3 Å². The predicted molar refractivity (Wildman–Crippen MR) is 108 cm³/mol. The van der Waals surface area contributed by atoms with E-state index in [-0.39, 0.29) is 17.6 Å². The number of hydrogen-bond acceptors (Lipinski definition) is 5. The fraction of sp³-hybridized carbons (Fsp3) is 0.455. The summed E-state index contributed by atoms with van der Waals surface area (Å²) in [5.41, 5.74) is 0.854. The number of aliphatic carboxylic acids is 1. The minimum Gasteiger partial charge on any atom is -0.487 e. The van der Waals surface area contributed by atoms with Crippen molar-refractivity contribution < 1.29 is 37.0 Å². The molecule has 1 atom stereocenters. The molecule has 2 N–H and O–H groups in total. The van der Waals surface area contributed by atoms with Gasteiger partial charge < -0.3 is 24.5 Å². The summed E-state index contributed by atoms with van der Waals surface area (Å²) < 4.78 is 43.4. The number of benzene rings is 1. The van der Waals surface area contributed by atoms with Crippen LogP contribution < -0.4 is 10.1 Å². The lowest BCUT2D eigenvalue weighted by Gasteiger charge is -2.46. The van der Waals surface area contributed by atoms with Crippen molar-refractivity contribution in [1.82, 2.24) is 10.2 Å². The second-order valence-electron chi connectivity index (χ2n) is 7.77. The molecule has 32 heavy (non-hydrogen) atoms. The Labute approximate surface area is 183 Å². The van der Waals surface area contributed by atoms with Gasteiger partial charge >= 0.3 is 12.1 Å². The minimum atomic E-state index is -5.08. The normalized spacial score (nSPS) is 19.8. The number of nitrogens with one attached hydrogen (secondary N) is 1. The molecular weight excluding hydrogens is 429 g/mol. The zero-order valence-corrected chi connectivity index (χ0v) is 17.5. The monoisotopic (exact) mass is 454 g/mol. The number of carbonyl (C=O) groups excluding carboxylic acids is 1. The van der Waals surface area contributed by atoms with E-state index in [1.165, 1.54) is 6.26 Å². The van der Waals surface area contributed by atoms with E-state index in [4.69, 9.17) is 19.1 Å². The second kappa shape index (κ2) is 9.64. The van der Waals surface area contributed by atoms with Gasteiger partial charge in [0.25, 0.3) is 5.91 Å². The third-order valence-corrected chi connectivity index (χ3v) is 5.70. The van der Waals surface area contributed by atoms with Gasteiger partial charge in [-0.2, -0.15) is 13.2 Å². The summed E-state index contributed by atoms with van der Waals surface area (Å²) in [6, 6.07) is 11.4. The molecule has 0 aliphatic carbocycles. The van der Waals surface area contributed by atoms with E-state index in [1.807, 2.05) is 24.3 Å². The standard InChI is InChI=1S/C20H24N2O3.C2HF3O2/c1-2-22-11-9-20(10-12-22)14-16(15-6-3-4-7-17(15)25-20)21-19(23)18-8-5-13-24-18;3-2(4,5)1(6)7/h3-8,13,16H,2,9-12,14H2,1H3,(H,21,23);(H,6,7). The summed E-state index contributed by atoms with van der Waals surface area (Å²) in [6.45, 7) is 5.35. The maximum absolute atomic E-state index is 12.5. The van der Waals surface area contributed by atoms with Crippen LogP contribution in [-0.4, -0.2) is 53.3 Å². The lowest BCUT2D eigenvalue weighted by atomic mass is 9.80. The number of carbonyl (C=O) groups is 2. The number of furan rings is 1. The van der Waals surface area contributed by atoms with Gasteiger partial charge in [0.1, 0.15) is 11.4 Å². The van der Waals surface area contributed by atoms with Gasteiger partial charge in [0.15, 0.2) is 5.76 Å². The number of nitrogens with zero attached hydrogens (tertiary/aromatic N) is 1. The van der Waals surface area contributed by atoms with E-state index >= 15 is 0 Å². The number of alkyl halides is 3. The molecule has 2 aliphatic rings. The van der Waals surface area contributed by atoms with Crippen molar-refractivity contribution >= 4 is 11.9 Å². The number of hydrogen-bond donors (Lipinski definition) is 2. The van der Waals surface area contributed by atoms with E-state index < -0.39 is 12.1 Å². The summed E-state index contributed by atoms with van der Waals surface area (Å²) in [5, 5.41) is 10.3. The van der Waals surface area contributed by atoms with Crippen LogP contribution in [-0.2, 0) is 4.79 Å². The van der Waals surface area contributed by atoms with Crippen LogP contribution in [0.25, 0.3) is 0 Å². The number of piperidine rings is 1. The molecule has 174 valence electrons. The fourth-order valence-electron chi connectivity index (χ4n) is 3.97. The maximum Gasteiger partial charge on any atom is 0.490 e. The van der Waals surface area contributed by atoms with Crippen molar-refractivity contribution in [3.05, 3.63) is 54.0 Å². The van der Waals surface area contributed by atoms with Gasteiger partial charge in [0.2, 0.25) is 0 Å². The van der Waals surface area contributed by atoms with Crippen LogP contribution in [0.1, 0.15) is 48.3 Å². The fourth-order valence-corrected chi connectivity index (χ4v) is 3.97. The predicted octanol–water partition coefficient (Wildman–Crippen LogP) is 4.02. The first-order valence-electron chi connectivity index (χ1n) is 10.3. The van der Waals surface area contributed by atoms with Crippen molar-refractivity contribution in [2.75, 3.05) is 19.6 Å². The molecular formula is C22H25F3N2O5. The Morgan fingerprint density at radius 2 is 1.84 bits per heavy atom. The van der Waals surface area contributed by atoms with E-state index in [9.17, 15) is 18.0 Å². The Balaban J connectivity index is 0.000000360. The molecule has 0 bridgehead atoms. The summed E-state index contributed by atoms with van der Waals surface area (Å²) in [4.78, 5) is 23.8. The number of likely N-dealkylation sites (tertiary alicyclic amines) is 1. The molecule has 1 unspecified atom stereocenters. The van der Waals surface area contributed by atoms with Crippen molar-refractivity contribution in [2.24, 2.45) is 0 Å². The van der Waals surface area contributed by atoms with Crippen molar-refractivity contribution in [2.45, 2.75) is 44.0 Å². The summed E-state index contributed by atoms with van der Waals surface area (Å²) in [6.07, 6.45) is -0.784. The van der Waals surface area contributed by atoms with Gasteiger partial charge in [-0.3, -0.25) is 4.79 Å². The number of carboxylic acids is 1. The molecule has 2 aromatic rings. The zero-order valence-electron chi connectivity index (χ0n) is 17.5. The van der Waals surface area contributed by atoms with Gasteiger partial charge in [-0.15, -0.1) is 0 Å². The van der Waals surface area contributed by atoms with Crippen molar-refractivity contribution in [1.29, 1.82) is 0 Å². The smallest absolute Gasteiger partial charge is 0.487 e. The molecule has 7 nitrogen and oxygen atoms in total. The summed E-state index contributed by atoms with van der Waals surface area (Å²) >= 11 is 0. The van der Waals surface area contributed by atoms with Crippen LogP contribution in [0.15, 0.2) is 47.1 Å². The van der Waals surface area contributed by atoms with Gasteiger partial charge in [-0.05, 0) is 37.6 Å². The molecule has 4 rings (SSSR count). The Hall–Kier alpha value is -3.01. The van der Waals surface area contributed by atoms with Crippen LogP contribution in [0, 0.1) is 0 Å². The summed E-state index contributed by atoms with van der Waals surface area (Å²) in [5.74, 6) is -1.69. The molecule has 1 saturated heterocycles. The van der Waals surface area contributed by atoms with Crippen molar-refractivity contribution in [3.8, 4) is 5.75 Å². The number of ether oxygens (including phenoxy) is 1. The number of rotatable bonds is 3. The molecule has 1 aromatic carbocycles. The van der Waals surface area contributed by atoms with E-state index in [0.29, 0.717) is 5.76 Å². The van der Waals surface area contributed by atoms with Crippen LogP contribution in [0.3, 0.4) is 0 Å². The largest absolute Gasteiger partial charge is 0.490 e. The highest BCUT2D eigenvalue weighted by molar-refractivity contribution is 5.91. The number of amides is 1. The average Bonchev–Trinajstić information content (AvgIpc) is 3.29. The molecule has 0 saturated carbocycles. The number of halogens is 3. The summed E-state index contributed by atoms with van der Waals surface area (Å²) in [7, 11) is 0. The first-order chi connectivity index (χ1) is 15.1. The highest BCUT2D eigenvalue weighted by Gasteiger charge is 2.43. The third kappa shape index (κ3) is 5.61. The zero-order chi connectivity index (χ0) is 23.4. The third-order valence-electron chi connectivity index (χ3n) is 5.70. The Morgan fingerprint density at radius 3 is 2.41 bits per heavy atom. The first-order valence-corrected chi connectivity index (χ1v) is 10.3. The van der Waals surface area contributed by atoms with Crippen LogP contribution in [0.4, 0.5) is 13.2 Å². The number of para-hydroxylation sites is 1. The van der Waals surface area contributed by atoms with E-state index in [1.54, 1.807) is 12.1 Å². The average molecular weight is 454 g/mol. The van der Waals surface area contributed by atoms with Gasteiger partial charge in [-0.25, -0.2) is 4.79 Å². The lowest BCUT2D eigenvalue weighted by Crippen LogP contribution is -2.52. The minimum absolute atomic E-state index is 0.0595.